The van der Waals surface area contributed by atoms with E-state index < -0.39 is 0 Å². The average Bonchev–Trinajstić information content (AvgIpc) is 2.05. The van der Waals surface area contributed by atoms with Crippen LogP contribution in [-0.4, -0.2) is 11.0 Å². The molecule has 1 aromatic carbocycles. The van der Waals surface area contributed by atoms with E-state index in [0.29, 0.717) is 11.1 Å². The summed E-state index contributed by atoms with van der Waals surface area (Å²) in [6.45, 7) is 1.53. The van der Waals surface area contributed by atoms with Crippen molar-refractivity contribution in [3.8, 4) is 0 Å². The summed E-state index contributed by atoms with van der Waals surface area (Å²) < 4.78 is 0. The molecule has 1 N–H and O–H groups in total. The molecule has 0 radical (unpaired) electrons. The summed E-state index contributed by atoms with van der Waals surface area (Å²) in [7, 11) is 0. The number of hydrogen-bond donors (Lipinski definition) is 1. The maximum absolute atomic E-state index is 11.0. The van der Waals surface area contributed by atoms with Crippen LogP contribution >= 0.6 is 0 Å². The van der Waals surface area contributed by atoms with Gasteiger partial charge in [0.2, 0.25) is 0 Å². The van der Waals surface area contributed by atoms with Crippen molar-refractivity contribution in [3.05, 3.63) is 35.4 Å². The highest BCUT2D eigenvalue weighted by atomic mass is 17.1. The monoisotopic (exact) mass is 166 g/mol. The highest BCUT2D eigenvalue weighted by Crippen LogP contribution is 2.09. The van der Waals surface area contributed by atoms with Gasteiger partial charge in [0.1, 0.15) is 6.61 Å². The van der Waals surface area contributed by atoms with Crippen molar-refractivity contribution in [1.29, 1.82) is 0 Å². The number of hydrogen-bond acceptors (Lipinski definition) is 3. The van der Waals surface area contributed by atoms with Crippen molar-refractivity contribution in [2.24, 2.45) is 0 Å². The van der Waals surface area contributed by atoms with Crippen LogP contribution in [0.4, 0.5) is 0 Å². The normalized spacial score (nSPS) is 9.83. The van der Waals surface area contributed by atoms with E-state index in [2.05, 4.69) is 4.89 Å². The fourth-order valence-corrected chi connectivity index (χ4v) is 1.06. The molecule has 0 aromatic heterocycles. The van der Waals surface area contributed by atoms with E-state index >= 15 is 0 Å². The van der Waals surface area contributed by atoms with Crippen LogP contribution in [-0.2, 0) is 11.5 Å². The number of carbonyl (C=O) groups is 1. The summed E-state index contributed by atoms with van der Waals surface area (Å²) >= 11 is 0. The van der Waals surface area contributed by atoms with E-state index in [9.17, 15) is 4.79 Å². The zero-order valence-corrected chi connectivity index (χ0v) is 6.78. The molecule has 1 rings (SSSR count). The Morgan fingerprint density at radius 1 is 1.50 bits per heavy atom. The third-order valence-corrected chi connectivity index (χ3v) is 1.62. The number of Topliss-reactive ketones (excluding diaryl/α,β-unsaturated/α-hetero) is 1. The van der Waals surface area contributed by atoms with Gasteiger partial charge in [-0.3, -0.25) is 10.1 Å². The minimum atomic E-state index is -0.0253. The van der Waals surface area contributed by atoms with Gasteiger partial charge in [-0.1, -0.05) is 24.3 Å². The molecule has 0 aliphatic carbocycles. The molecule has 0 atom stereocenters. The molecule has 0 unspecified atom stereocenters. The van der Waals surface area contributed by atoms with Crippen molar-refractivity contribution >= 4 is 5.78 Å². The lowest BCUT2D eigenvalue weighted by atomic mass is 10.1. The van der Waals surface area contributed by atoms with Gasteiger partial charge in [-0.05, 0) is 12.5 Å². The fourth-order valence-electron chi connectivity index (χ4n) is 1.06. The lowest BCUT2D eigenvalue weighted by Gasteiger charge is -2.02. The summed E-state index contributed by atoms with van der Waals surface area (Å²) in [6, 6.07) is 7.02. The Hall–Kier alpha value is -1.19. The standard InChI is InChI=1S/C9H10O3/c1-7(10)9-5-3-2-4-8(9)6-12-11/h2-5,11H,6H2,1H3. The number of benzene rings is 1. The highest BCUT2D eigenvalue weighted by molar-refractivity contribution is 5.95. The Labute approximate surface area is 70.5 Å². The molecule has 0 amide bonds. The van der Waals surface area contributed by atoms with Gasteiger partial charge in [0.15, 0.2) is 5.78 Å². The second-order valence-electron chi connectivity index (χ2n) is 2.49. The smallest absolute Gasteiger partial charge is 0.160 e. The van der Waals surface area contributed by atoms with Crippen molar-refractivity contribution < 1.29 is 14.9 Å². The Balaban J connectivity index is 3.00. The predicted octanol–water partition coefficient (Wildman–Crippen LogP) is 1.88. The summed E-state index contributed by atoms with van der Waals surface area (Å²) in [6.07, 6.45) is 0. The molecule has 0 fully saturated rings. The van der Waals surface area contributed by atoms with Gasteiger partial charge in [-0.2, -0.15) is 0 Å². The Kier molecular flexibility index (Phi) is 2.96. The lowest BCUT2D eigenvalue weighted by Crippen LogP contribution is -2.00. The van der Waals surface area contributed by atoms with Crippen LogP contribution in [0.3, 0.4) is 0 Å². The number of carbonyl (C=O) groups excluding carboxylic acids is 1. The molecule has 0 spiro atoms. The molecule has 0 saturated carbocycles. The van der Waals surface area contributed by atoms with E-state index in [1.54, 1.807) is 24.3 Å². The molecule has 64 valence electrons. The first-order valence-corrected chi connectivity index (χ1v) is 3.61. The third kappa shape index (κ3) is 1.90. The summed E-state index contributed by atoms with van der Waals surface area (Å²) in [4.78, 5) is 15.0. The van der Waals surface area contributed by atoms with Crippen molar-refractivity contribution in [3.63, 3.8) is 0 Å². The van der Waals surface area contributed by atoms with Crippen LogP contribution in [0.5, 0.6) is 0 Å². The predicted molar refractivity (Wildman–Crippen MR) is 43.9 cm³/mol. The van der Waals surface area contributed by atoms with Crippen molar-refractivity contribution in [2.45, 2.75) is 13.5 Å². The van der Waals surface area contributed by atoms with E-state index in [1.165, 1.54) is 6.92 Å². The number of rotatable bonds is 3. The molecule has 0 heterocycles. The maximum Gasteiger partial charge on any atom is 0.160 e. The van der Waals surface area contributed by atoms with Gasteiger partial charge in [0, 0.05) is 5.56 Å². The molecular weight excluding hydrogens is 156 g/mol. The zero-order chi connectivity index (χ0) is 8.97. The van der Waals surface area contributed by atoms with Crippen LogP contribution in [0.25, 0.3) is 0 Å². The van der Waals surface area contributed by atoms with Crippen molar-refractivity contribution in [1.82, 2.24) is 0 Å². The quantitative estimate of drug-likeness (QED) is 0.423. The lowest BCUT2D eigenvalue weighted by molar-refractivity contribution is -0.253. The van der Waals surface area contributed by atoms with Crippen LogP contribution in [0.1, 0.15) is 22.8 Å². The van der Waals surface area contributed by atoms with Crippen LogP contribution in [0.15, 0.2) is 24.3 Å². The molecule has 1 aromatic rings. The minimum absolute atomic E-state index is 0.0253. The molecule has 12 heavy (non-hydrogen) atoms. The van der Waals surface area contributed by atoms with E-state index in [1.807, 2.05) is 0 Å². The Morgan fingerprint density at radius 3 is 2.75 bits per heavy atom. The second-order valence-corrected chi connectivity index (χ2v) is 2.49. The van der Waals surface area contributed by atoms with Gasteiger partial charge in [-0.25, -0.2) is 4.89 Å². The topological polar surface area (TPSA) is 46.5 Å². The average molecular weight is 166 g/mol. The highest BCUT2D eigenvalue weighted by Gasteiger charge is 2.04. The summed E-state index contributed by atoms with van der Waals surface area (Å²) in [5.74, 6) is -0.0253. The minimum Gasteiger partial charge on any atom is -0.294 e. The van der Waals surface area contributed by atoms with Gasteiger partial charge < -0.3 is 0 Å². The van der Waals surface area contributed by atoms with Crippen molar-refractivity contribution in [2.75, 3.05) is 0 Å². The molecule has 0 aliphatic rings. The van der Waals surface area contributed by atoms with Gasteiger partial charge in [-0.15, -0.1) is 0 Å². The molecule has 0 saturated heterocycles. The van der Waals surface area contributed by atoms with Crippen LogP contribution < -0.4 is 0 Å². The van der Waals surface area contributed by atoms with Gasteiger partial charge >= 0.3 is 0 Å². The largest absolute Gasteiger partial charge is 0.294 e. The molecule has 3 heteroatoms. The second kappa shape index (κ2) is 3.99. The third-order valence-electron chi connectivity index (χ3n) is 1.62. The first-order chi connectivity index (χ1) is 5.75. The SMILES string of the molecule is CC(=O)c1ccccc1COO. The van der Waals surface area contributed by atoms with E-state index in [-0.39, 0.29) is 12.4 Å². The van der Waals surface area contributed by atoms with E-state index in [0.717, 1.165) is 0 Å². The molecule has 0 bridgehead atoms. The first kappa shape index (κ1) is 8.90. The molecular formula is C9H10O3. The van der Waals surface area contributed by atoms with E-state index in [4.69, 9.17) is 5.26 Å². The Morgan fingerprint density at radius 2 is 2.17 bits per heavy atom. The van der Waals surface area contributed by atoms with Crippen LogP contribution in [0.2, 0.25) is 0 Å². The first-order valence-electron chi connectivity index (χ1n) is 3.61. The molecule has 3 nitrogen and oxygen atoms in total. The van der Waals surface area contributed by atoms with Crippen LogP contribution in [0, 0.1) is 0 Å². The number of ketones is 1. The Bertz CT molecular complexity index is 281. The summed E-state index contributed by atoms with van der Waals surface area (Å²) in [5, 5.41) is 8.21. The van der Waals surface area contributed by atoms with Gasteiger partial charge in [0.25, 0.3) is 0 Å². The summed E-state index contributed by atoms with van der Waals surface area (Å²) in [5.41, 5.74) is 1.29. The molecule has 0 aliphatic heterocycles. The fraction of sp³-hybridized carbons (Fsp3) is 0.222. The zero-order valence-electron chi connectivity index (χ0n) is 6.78. The van der Waals surface area contributed by atoms with Gasteiger partial charge in [0.05, 0.1) is 0 Å². The maximum atomic E-state index is 11.0.